The summed E-state index contributed by atoms with van der Waals surface area (Å²) in [6, 6.07) is 0. The molecule has 7 atom stereocenters. The van der Waals surface area contributed by atoms with Gasteiger partial charge in [-0.2, -0.15) is 0 Å². The van der Waals surface area contributed by atoms with Crippen molar-refractivity contribution in [1.82, 2.24) is 0 Å². The summed E-state index contributed by atoms with van der Waals surface area (Å²) in [5, 5.41) is 11.0. The number of ketones is 1. The van der Waals surface area contributed by atoms with Gasteiger partial charge >= 0.3 is 0 Å². The van der Waals surface area contributed by atoms with Gasteiger partial charge in [-0.1, -0.05) is 31.4 Å². The molecule has 3 fully saturated rings. The molecule has 122 valence electrons. The van der Waals surface area contributed by atoms with Gasteiger partial charge in [-0.25, -0.2) is 0 Å². The summed E-state index contributed by atoms with van der Waals surface area (Å²) in [5.74, 6) is 5.59. The van der Waals surface area contributed by atoms with Crippen molar-refractivity contribution >= 4 is 5.78 Å². The number of carbonyl (C=O) groups is 1. The van der Waals surface area contributed by atoms with E-state index in [2.05, 4.69) is 25.8 Å². The summed E-state index contributed by atoms with van der Waals surface area (Å²) in [7, 11) is 0. The van der Waals surface area contributed by atoms with Crippen molar-refractivity contribution in [2.45, 2.75) is 51.6 Å². The van der Waals surface area contributed by atoms with Gasteiger partial charge in [-0.05, 0) is 67.9 Å². The van der Waals surface area contributed by atoms with Crippen LogP contribution in [0.25, 0.3) is 0 Å². The van der Waals surface area contributed by atoms with Crippen LogP contribution in [0.15, 0.2) is 23.8 Å². The lowest BCUT2D eigenvalue weighted by Gasteiger charge is -2.56. The molecule has 1 N–H and O–H groups in total. The van der Waals surface area contributed by atoms with Gasteiger partial charge in [0.25, 0.3) is 0 Å². The van der Waals surface area contributed by atoms with Crippen molar-refractivity contribution < 1.29 is 9.90 Å². The van der Waals surface area contributed by atoms with Crippen LogP contribution >= 0.6 is 0 Å². The highest BCUT2D eigenvalue weighted by Crippen LogP contribution is 2.65. The number of terminal acetylenes is 1. The Labute approximate surface area is 139 Å². The second kappa shape index (κ2) is 4.84. The van der Waals surface area contributed by atoms with E-state index in [0.29, 0.717) is 29.6 Å². The molecule has 0 amide bonds. The van der Waals surface area contributed by atoms with E-state index >= 15 is 0 Å². The van der Waals surface area contributed by atoms with E-state index in [1.165, 1.54) is 5.57 Å². The summed E-state index contributed by atoms with van der Waals surface area (Å²) in [6.45, 7) is 4.55. The van der Waals surface area contributed by atoms with Gasteiger partial charge in [0.15, 0.2) is 5.78 Å². The first-order valence-corrected chi connectivity index (χ1v) is 9.02. The Hall–Kier alpha value is -1.33. The third-order valence-corrected chi connectivity index (χ3v) is 7.67. The molecule has 0 aliphatic heterocycles. The van der Waals surface area contributed by atoms with Crippen molar-refractivity contribution in [2.24, 2.45) is 35.0 Å². The number of carbonyl (C=O) groups excluding carboxylic acids is 1. The predicted molar refractivity (Wildman–Crippen MR) is 90.3 cm³/mol. The Bertz CT molecular complexity index is 651. The predicted octanol–water partition coefficient (Wildman–Crippen LogP) is 3.51. The molecular weight excluding hydrogens is 284 g/mol. The third-order valence-electron chi connectivity index (χ3n) is 7.67. The van der Waals surface area contributed by atoms with Crippen molar-refractivity contribution in [2.75, 3.05) is 0 Å². The maximum Gasteiger partial charge on any atom is 0.178 e. The van der Waals surface area contributed by atoms with Crippen LogP contribution in [0.5, 0.6) is 0 Å². The van der Waals surface area contributed by atoms with Crippen LogP contribution in [-0.4, -0.2) is 16.5 Å². The SMILES string of the molecule is C#C[C@]1(O)CCC2C3C(C)CC4=CC(=O)C=CC4C3CC[C@@]21C. The number of hydrogen-bond acceptors (Lipinski definition) is 2. The van der Waals surface area contributed by atoms with Gasteiger partial charge in [0, 0.05) is 11.3 Å². The van der Waals surface area contributed by atoms with E-state index in [0.717, 1.165) is 32.1 Å². The lowest BCUT2D eigenvalue weighted by molar-refractivity contribution is -0.111. The standard InChI is InChI=1S/C21H26O2/c1-4-21(23)10-8-18-19-13(2)11-14-12-15(22)5-6-16(14)17(19)7-9-20(18,21)3/h1,5-6,12-13,16-19,23H,7-11H2,2-3H3/t13?,16?,17?,18?,19?,20-,21-/m0/s1. The van der Waals surface area contributed by atoms with Crippen molar-refractivity contribution in [1.29, 1.82) is 0 Å². The van der Waals surface area contributed by atoms with Gasteiger partial charge in [0.1, 0.15) is 5.60 Å². The summed E-state index contributed by atoms with van der Waals surface area (Å²) < 4.78 is 0. The normalized spacial score (nSPS) is 51.3. The molecule has 0 aromatic heterocycles. The minimum absolute atomic E-state index is 0.144. The lowest BCUT2D eigenvalue weighted by atomic mass is 9.49. The number of hydrogen-bond donors (Lipinski definition) is 1. The topological polar surface area (TPSA) is 37.3 Å². The first kappa shape index (κ1) is 15.2. The van der Waals surface area contributed by atoms with Gasteiger partial charge in [-0.3, -0.25) is 4.79 Å². The Morgan fingerprint density at radius 1 is 1.35 bits per heavy atom. The third kappa shape index (κ3) is 1.89. The van der Waals surface area contributed by atoms with Crippen molar-refractivity contribution in [3.05, 3.63) is 23.8 Å². The number of aliphatic hydroxyl groups is 1. The van der Waals surface area contributed by atoms with E-state index in [1.807, 2.05) is 6.08 Å². The molecule has 0 saturated heterocycles. The molecule has 2 heteroatoms. The van der Waals surface area contributed by atoms with Gasteiger partial charge < -0.3 is 5.11 Å². The van der Waals surface area contributed by atoms with Crippen LogP contribution in [0.3, 0.4) is 0 Å². The monoisotopic (exact) mass is 310 g/mol. The maximum atomic E-state index is 11.7. The first-order valence-electron chi connectivity index (χ1n) is 9.02. The molecule has 0 spiro atoms. The molecular formula is C21H26O2. The zero-order chi connectivity index (χ0) is 16.4. The Balaban J connectivity index is 1.71. The summed E-state index contributed by atoms with van der Waals surface area (Å²) in [5.41, 5.74) is 0.253. The van der Waals surface area contributed by atoms with Crippen LogP contribution in [-0.2, 0) is 4.79 Å². The molecule has 3 saturated carbocycles. The van der Waals surface area contributed by atoms with E-state index < -0.39 is 5.60 Å². The highest BCUT2D eigenvalue weighted by atomic mass is 16.3. The van der Waals surface area contributed by atoms with E-state index in [9.17, 15) is 9.90 Å². The Morgan fingerprint density at radius 3 is 2.87 bits per heavy atom. The highest BCUT2D eigenvalue weighted by molar-refractivity contribution is 6.00. The zero-order valence-electron chi connectivity index (χ0n) is 14.1. The van der Waals surface area contributed by atoms with Crippen molar-refractivity contribution in [3.63, 3.8) is 0 Å². The number of rotatable bonds is 0. The van der Waals surface area contributed by atoms with Gasteiger partial charge in [0.2, 0.25) is 0 Å². The molecule has 0 heterocycles. The van der Waals surface area contributed by atoms with Crippen LogP contribution in [0, 0.1) is 47.3 Å². The average Bonchev–Trinajstić information content (AvgIpc) is 2.79. The maximum absolute atomic E-state index is 11.7. The van der Waals surface area contributed by atoms with Gasteiger partial charge in [-0.15, -0.1) is 6.42 Å². The molecule has 2 nitrogen and oxygen atoms in total. The Morgan fingerprint density at radius 2 is 2.13 bits per heavy atom. The van der Waals surface area contributed by atoms with Crippen LogP contribution in [0.4, 0.5) is 0 Å². The molecule has 5 unspecified atom stereocenters. The van der Waals surface area contributed by atoms with Crippen molar-refractivity contribution in [3.8, 4) is 12.3 Å². The van der Waals surface area contributed by atoms with E-state index in [1.54, 1.807) is 6.08 Å². The summed E-state index contributed by atoms with van der Waals surface area (Å²) in [4.78, 5) is 11.7. The summed E-state index contributed by atoms with van der Waals surface area (Å²) in [6.07, 6.45) is 16.4. The number of allylic oxidation sites excluding steroid dienone is 4. The molecule has 0 aromatic rings. The van der Waals surface area contributed by atoms with Crippen LogP contribution in [0.2, 0.25) is 0 Å². The fraction of sp³-hybridized carbons (Fsp3) is 0.667. The fourth-order valence-electron chi connectivity index (χ4n) is 6.49. The largest absolute Gasteiger partial charge is 0.377 e. The molecule has 4 aliphatic carbocycles. The first-order chi connectivity index (χ1) is 10.9. The zero-order valence-corrected chi connectivity index (χ0v) is 14.1. The average molecular weight is 310 g/mol. The molecule has 4 aliphatic rings. The summed E-state index contributed by atoms with van der Waals surface area (Å²) >= 11 is 0. The minimum Gasteiger partial charge on any atom is -0.377 e. The quantitative estimate of drug-likeness (QED) is 0.695. The molecule has 0 bridgehead atoms. The van der Waals surface area contributed by atoms with E-state index in [4.69, 9.17) is 6.42 Å². The molecule has 4 rings (SSSR count). The number of fused-ring (bicyclic) bond motifs is 5. The fourth-order valence-corrected chi connectivity index (χ4v) is 6.49. The molecule has 0 radical (unpaired) electrons. The second-order valence-corrected chi connectivity index (χ2v) is 8.54. The highest BCUT2D eigenvalue weighted by Gasteiger charge is 2.62. The van der Waals surface area contributed by atoms with Crippen LogP contribution < -0.4 is 0 Å². The molecule has 0 aromatic carbocycles. The molecule has 23 heavy (non-hydrogen) atoms. The minimum atomic E-state index is -0.934. The smallest absolute Gasteiger partial charge is 0.178 e. The van der Waals surface area contributed by atoms with Crippen LogP contribution in [0.1, 0.15) is 46.0 Å². The van der Waals surface area contributed by atoms with E-state index in [-0.39, 0.29) is 11.2 Å². The second-order valence-electron chi connectivity index (χ2n) is 8.54. The lowest BCUT2D eigenvalue weighted by Crippen LogP contribution is -2.53. The van der Waals surface area contributed by atoms with Gasteiger partial charge in [0.05, 0.1) is 0 Å². The Kier molecular flexibility index (Phi) is 3.20.